The Morgan fingerprint density at radius 1 is 1.43 bits per heavy atom. The summed E-state index contributed by atoms with van der Waals surface area (Å²) in [6, 6.07) is 3.17. The van der Waals surface area contributed by atoms with E-state index in [-0.39, 0.29) is 5.03 Å². The summed E-state index contributed by atoms with van der Waals surface area (Å²) >= 11 is 0. The quantitative estimate of drug-likeness (QED) is 0.686. The van der Waals surface area contributed by atoms with Gasteiger partial charge < -0.3 is 0 Å². The van der Waals surface area contributed by atoms with Crippen molar-refractivity contribution < 1.29 is 8.42 Å². The predicted molar refractivity (Wildman–Crippen MR) is 50.8 cm³/mol. The molecule has 0 unspecified atom stereocenters. The lowest BCUT2D eigenvalue weighted by Crippen LogP contribution is -2.02. The van der Waals surface area contributed by atoms with Gasteiger partial charge in [0.15, 0.2) is 10.7 Å². The molecule has 0 aromatic carbocycles. The molecule has 0 saturated carbocycles. The maximum atomic E-state index is 11.2. The molecule has 2 rings (SSSR count). The minimum Gasteiger partial charge on any atom is -0.215 e. The van der Waals surface area contributed by atoms with Crippen molar-refractivity contribution in [3.63, 3.8) is 0 Å². The number of aryl methyl sites for hydroxylation is 1. The van der Waals surface area contributed by atoms with Crippen molar-refractivity contribution >= 4 is 25.4 Å². The number of rotatable bonds is 1. The minimum atomic E-state index is -3.79. The van der Waals surface area contributed by atoms with Crippen molar-refractivity contribution in [2.45, 2.75) is 11.9 Å². The third-order valence-electron chi connectivity index (χ3n) is 1.74. The molecule has 2 aromatic rings. The zero-order valence-electron chi connectivity index (χ0n) is 7.18. The highest BCUT2D eigenvalue weighted by Gasteiger charge is 2.16. The van der Waals surface area contributed by atoms with Gasteiger partial charge in [-0.3, -0.25) is 0 Å². The van der Waals surface area contributed by atoms with Crippen LogP contribution in [0.25, 0.3) is 5.65 Å². The number of fused-ring (bicyclic) bond motifs is 1. The Morgan fingerprint density at radius 2 is 2.14 bits per heavy atom. The second-order valence-corrected chi connectivity index (χ2v) is 5.35. The second-order valence-electron chi connectivity index (χ2n) is 2.84. The molecule has 7 heteroatoms. The SMILES string of the molecule is Cc1cc(S(=O)(=O)Cl)n2ncnc2c1. The van der Waals surface area contributed by atoms with E-state index in [4.69, 9.17) is 10.7 Å². The first-order valence-corrected chi connectivity index (χ1v) is 6.04. The Balaban J connectivity index is 2.94. The first-order chi connectivity index (χ1) is 6.48. The van der Waals surface area contributed by atoms with Gasteiger partial charge in [-0.1, -0.05) is 0 Å². The summed E-state index contributed by atoms with van der Waals surface area (Å²) in [7, 11) is 1.46. The molecule has 5 nitrogen and oxygen atoms in total. The van der Waals surface area contributed by atoms with E-state index >= 15 is 0 Å². The van der Waals surface area contributed by atoms with E-state index < -0.39 is 9.05 Å². The summed E-state index contributed by atoms with van der Waals surface area (Å²) in [6.45, 7) is 1.76. The van der Waals surface area contributed by atoms with Crippen LogP contribution in [0, 0.1) is 6.92 Å². The predicted octanol–water partition coefficient (Wildman–Crippen LogP) is 0.965. The first-order valence-electron chi connectivity index (χ1n) is 3.73. The third kappa shape index (κ3) is 1.46. The highest BCUT2D eigenvalue weighted by atomic mass is 35.7. The van der Waals surface area contributed by atoms with Crippen LogP contribution in [0.5, 0.6) is 0 Å². The zero-order valence-corrected chi connectivity index (χ0v) is 8.75. The van der Waals surface area contributed by atoms with Crippen LogP contribution in [0.3, 0.4) is 0 Å². The molecule has 0 N–H and O–H groups in total. The molecular weight excluding hydrogens is 226 g/mol. The van der Waals surface area contributed by atoms with E-state index in [1.807, 2.05) is 0 Å². The van der Waals surface area contributed by atoms with Crippen molar-refractivity contribution in [3.8, 4) is 0 Å². The van der Waals surface area contributed by atoms with Crippen LogP contribution in [-0.4, -0.2) is 23.0 Å². The van der Waals surface area contributed by atoms with Crippen LogP contribution < -0.4 is 0 Å². The zero-order chi connectivity index (χ0) is 10.3. The Kier molecular flexibility index (Phi) is 1.97. The van der Waals surface area contributed by atoms with Crippen molar-refractivity contribution in [3.05, 3.63) is 24.0 Å². The van der Waals surface area contributed by atoms with Gasteiger partial charge in [0.05, 0.1) is 0 Å². The number of hydrogen-bond acceptors (Lipinski definition) is 4. The summed E-state index contributed by atoms with van der Waals surface area (Å²) < 4.78 is 23.5. The van der Waals surface area contributed by atoms with E-state index in [1.165, 1.54) is 16.9 Å². The first kappa shape index (κ1) is 9.42. The number of hydrogen-bond donors (Lipinski definition) is 0. The number of aromatic nitrogens is 3. The van der Waals surface area contributed by atoms with E-state index in [2.05, 4.69) is 10.1 Å². The molecule has 2 aromatic heterocycles. The van der Waals surface area contributed by atoms with Crippen LogP contribution in [-0.2, 0) is 9.05 Å². The molecule has 0 radical (unpaired) electrons. The molecule has 0 aliphatic carbocycles. The van der Waals surface area contributed by atoms with Crippen molar-refractivity contribution in [2.24, 2.45) is 0 Å². The highest BCUT2D eigenvalue weighted by molar-refractivity contribution is 8.13. The number of nitrogens with zero attached hydrogens (tertiary/aromatic N) is 3. The smallest absolute Gasteiger partial charge is 0.215 e. The molecular formula is C7H6ClN3O2S. The molecule has 0 saturated heterocycles. The van der Waals surface area contributed by atoms with Gasteiger partial charge in [0.2, 0.25) is 0 Å². The van der Waals surface area contributed by atoms with Gasteiger partial charge in [0.1, 0.15) is 6.33 Å². The molecule has 0 amide bonds. The van der Waals surface area contributed by atoms with E-state index in [1.54, 1.807) is 13.0 Å². The van der Waals surface area contributed by atoms with Crippen LogP contribution in [0.4, 0.5) is 0 Å². The van der Waals surface area contributed by atoms with Crippen molar-refractivity contribution in [1.82, 2.24) is 14.6 Å². The maximum absolute atomic E-state index is 11.2. The molecule has 14 heavy (non-hydrogen) atoms. The van der Waals surface area contributed by atoms with E-state index in [0.29, 0.717) is 5.65 Å². The fraction of sp³-hybridized carbons (Fsp3) is 0.143. The molecule has 0 bridgehead atoms. The summed E-state index contributed by atoms with van der Waals surface area (Å²) in [5.74, 6) is 0. The Labute approximate surface area is 84.8 Å². The third-order valence-corrected chi connectivity index (χ3v) is 3.01. The van der Waals surface area contributed by atoms with Gasteiger partial charge in [-0.05, 0) is 24.6 Å². The molecule has 2 heterocycles. The monoisotopic (exact) mass is 231 g/mol. The fourth-order valence-corrected chi connectivity index (χ4v) is 2.20. The molecule has 74 valence electrons. The lowest BCUT2D eigenvalue weighted by atomic mass is 10.3. The summed E-state index contributed by atoms with van der Waals surface area (Å²) in [6.07, 6.45) is 1.28. The minimum absolute atomic E-state index is 0.0633. The average Bonchev–Trinajstić information content (AvgIpc) is 2.47. The fourth-order valence-electron chi connectivity index (χ4n) is 1.19. The van der Waals surface area contributed by atoms with Gasteiger partial charge in [-0.15, -0.1) is 0 Å². The average molecular weight is 232 g/mol. The molecule has 0 aliphatic rings. The van der Waals surface area contributed by atoms with E-state index in [9.17, 15) is 8.42 Å². The van der Waals surface area contributed by atoms with Gasteiger partial charge in [0, 0.05) is 10.7 Å². The topological polar surface area (TPSA) is 64.3 Å². The highest BCUT2D eigenvalue weighted by Crippen LogP contribution is 2.17. The van der Waals surface area contributed by atoms with Gasteiger partial charge >= 0.3 is 0 Å². The second kappa shape index (κ2) is 2.93. The molecule has 0 aliphatic heterocycles. The molecule has 0 atom stereocenters. The van der Waals surface area contributed by atoms with Crippen LogP contribution in [0.15, 0.2) is 23.5 Å². The summed E-state index contributed by atoms with van der Waals surface area (Å²) in [4.78, 5) is 3.88. The largest absolute Gasteiger partial charge is 0.278 e. The lowest BCUT2D eigenvalue weighted by molar-refractivity contribution is 0.601. The Hall–Kier alpha value is -1.14. The summed E-state index contributed by atoms with van der Waals surface area (Å²) in [5, 5.41) is 3.70. The molecule has 0 spiro atoms. The van der Waals surface area contributed by atoms with Crippen LogP contribution in [0.2, 0.25) is 0 Å². The van der Waals surface area contributed by atoms with Gasteiger partial charge in [-0.2, -0.15) is 5.10 Å². The standard InChI is InChI=1S/C7H6ClN3O2S/c1-5-2-6-9-4-10-11(6)7(3-5)14(8,12)13/h2-4H,1H3. The maximum Gasteiger partial charge on any atom is 0.278 e. The number of halogens is 1. The van der Waals surface area contributed by atoms with E-state index in [0.717, 1.165) is 5.56 Å². The van der Waals surface area contributed by atoms with Crippen LogP contribution >= 0.6 is 10.7 Å². The molecule has 0 fully saturated rings. The lowest BCUT2D eigenvalue weighted by Gasteiger charge is -2.01. The van der Waals surface area contributed by atoms with Crippen molar-refractivity contribution in [2.75, 3.05) is 0 Å². The van der Waals surface area contributed by atoms with Crippen LogP contribution in [0.1, 0.15) is 5.56 Å². The van der Waals surface area contributed by atoms with Crippen molar-refractivity contribution in [1.29, 1.82) is 0 Å². The Bertz CT molecular complexity index is 590. The normalized spacial score (nSPS) is 12.1. The van der Waals surface area contributed by atoms with Gasteiger partial charge in [-0.25, -0.2) is 17.9 Å². The number of pyridine rings is 1. The Morgan fingerprint density at radius 3 is 2.79 bits per heavy atom. The summed E-state index contributed by atoms with van der Waals surface area (Å²) in [5.41, 5.74) is 1.23. The van der Waals surface area contributed by atoms with Gasteiger partial charge in [0.25, 0.3) is 9.05 Å².